The zero-order chi connectivity index (χ0) is 14.7. The van der Waals surface area contributed by atoms with Gasteiger partial charge in [-0.15, -0.1) is 0 Å². The van der Waals surface area contributed by atoms with E-state index in [4.69, 9.17) is 11.6 Å². The fourth-order valence-corrected chi connectivity index (χ4v) is 2.33. The first-order valence-corrected chi connectivity index (χ1v) is 7.22. The van der Waals surface area contributed by atoms with Crippen molar-refractivity contribution in [3.05, 3.63) is 34.9 Å². The Bertz CT molecular complexity index is 512. The number of nitrogens with zero attached hydrogens (tertiary/aromatic N) is 1. The molecule has 5 heteroatoms. The minimum atomic E-state index is -0.501. The third-order valence-electron chi connectivity index (χ3n) is 3.51. The number of hydrogen-bond donors (Lipinski definition) is 1. The van der Waals surface area contributed by atoms with Gasteiger partial charge in [-0.2, -0.15) is 0 Å². The highest BCUT2D eigenvalue weighted by Gasteiger charge is 2.31. The largest absolute Gasteiger partial charge is 0.341 e. The van der Waals surface area contributed by atoms with Crippen molar-refractivity contribution < 1.29 is 9.59 Å². The zero-order valence-electron chi connectivity index (χ0n) is 11.7. The lowest BCUT2D eigenvalue weighted by Crippen LogP contribution is -2.55. The summed E-state index contributed by atoms with van der Waals surface area (Å²) in [6.45, 7) is 5.42. The fourth-order valence-electron chi connectivity index (χ4n) is 2.11. The van der Waals surface area contributed by atoms with E-state index in [1.807, 2.05) is 13.8 Å². The van der Waals surface area contributed by atoms with Crippen LogP contribution >= 0.6 is 11.6 Å². The Labute approximate surface area is 124 Å². The van der Waals surface area contributed by atoms with Crippen LogP contribution in [0.25, 0.3) is 0 Å². The van der Waals surface area contributed by atoms with Crippen molar-refractivity contribution in [2.45, 2.75) is 26.3 Å². The van der Waals surface area contributed by atoms with Crippen molar-refractivity contribution in [1.29, 1.82) is 0 Å². The van der Waals surface area contributed by atoms with Crippen LogP contribution in [-0.2, 0) is 4.79 Å². The van der Waals surface area contributed by atoms with Gasteiger partial charge in [-0.05, 0) is 24.5 Å². The Kier molecular flexibility index (Phi) is 4.65. The van der Waals surface area contributed by atoms with E-state index >= 15 is 0 Å². The van der Waals surface area contributed by atoms with Crippen LogP contribution < -0.4 is 5.32 Å². The molecule has 1 atom stereocenters. The number of carbonyl (C=O) groups excluding carboxylic acids is 2. The number of rotatable bonds is 4. The molecule has 0 aromatic heterocycles. The molecule has 1 saturated heterocycles. The van der Waals surface area contributed by atoms with Gasteiger partial charge in [-0.3, -0.25) is 9.59 Å². The molecule has 2 rings (SSSR count). The lowest BCUT2D eigenvalue weighted by molar-refractivity contribution is -0.137. The summed E-state index contributed by atoms with van der Waals surface area (Å²) in [7, 11) is 0. The van der Waals surface area contributed by atoms with E-state index in [9.17, 15) is 9.59 Å². The predicted octanol–water partition coefficient (Wildman–Crippen LogP) is 2.33. The molecule has 0 radical (unpaired) electrons. The van der Waals surface area contributed by atoms with Gasteiger partial charge in [-0.25, -0.2) is 0 Å². The molecule has 1 aliphatic rings. The summed E-state index contributed by atoms with van der Waals surface area (Å²) in [4.78, 5) is 26.3. The first-order chi connectivity index (χ1) is 9.50. The molecule has 0 spiro atoms. The maximum Gasteiger partial charge on any atom is 0.253 e. The fraction of sp³-hybridized carbons (Fsp3) is 0.467. The molecule has 20 heavy (non-hydrogen) atoms. The number of halogens is 1. The number of amides is 2. The van der Waals surface area contributed by atoms with Crippen LogP contribution in [0.1, 0.15) is 30.6 Å². The Morgan fingerprint density at radius 2 is 1.90 bits per heavy atom. The third-order valence-corrected chi connectivity index (χ3v) is 3.84. The van der Waals surface area contributed by atoms with Gasteiger partial charge in [0.1, 0.15) is 6.04 Å². The standard InChI is InChI=1S/C15H19ClN2O2/c1-10(2)13(15(20)18-8-5-9-18)17-14(19)11-6-3-4-7-12(11)16/h3-4,6-7,10,13H,5,8-9H2,1-2H3,(H,17,19)/t13-/m0/s1. The number of hydrogen-bond acceptors (Lipinski definition) is 2. The molecule has 4 nitrogen and oxygen atoms in total. The molecular formula is C15H19ClN2O2. The van der Waals surface area contributed by atoms with Gasteiger partial charge < -0.3 is 10.2 Å². The maximum atomic E-state index is 12.3. The van der Waals surface area contributed by atoms with E-state index < -0.39 is 6.04 Å². The highest BCUT2D eigenvalue weighted by Crippen LogP contribution is 2.17. The molecule has 1 heterocycles. The van der Waals surface area contributed by atoms with Crippen molar-refractivity contribution in [3.63, 3.8) is 0 Å². The minimum absolute atomic E-state index is 0.00773. The second-order valence-corrected chi connectivity index (χ2v) is 5.76. The molecule has 0 unspecified atom stereocenters. The summed E-state index contributed by atoms with van der Waals surface area (Å²) in [5.41, 5.74) is 0.399. The van der Waals surface area contributed by atoms with E-state index in [1.165, 1.54) is 0 Å². The monoisotopic (exact) mass is 294 g/mol. The van der Waals surface area contributed by atoms with E-state index in [-0.39, 0.29) is 17.7 Å². The lowest BCUT2D eigenvalue weighted by Gasteiger charge is -2.35. The molecule has 1 aliphatic heterocycles. The van der Waals surface area contributed by atoms with Gasteiger partial charge in [-0.1, -0.05) is 37.6 Å². The Morgan fingerprint density at radius 1 is 1.25 bits per heavy atom. The number of nitrogens with one attached hydrogen (secondary N) is 1. The zero-order valence-corrected chi connectivity index (χ0v) is 12.5. The smallest absolute Gasteiger partial charge is 0.253 e. The number of carbonyl (C=O) groups is 2. The molecule has 2 amide bonds. The number of benzene rings is 1. The van der Waals surface area contributed by atoms with Crippen molar-refractivity contribution in [1.82, 2.24) is 10.2 Å². The van der Waals surface area contributed by atoms with Crippen LogP contribution in [0.15, 0.2) is 24.3 Å². The highest BCUT2D eigenvalue weighted by atomic mass is 35.5. The summed E-state index contributed by atoms with van der Waals surface area (Å²) in [6, 6.07) is 6.34. The van der Waals surface area contributed by atoms with Gasteiger partial charge in [0.15, 0.2) is 0 Å². The van der Waals surface area contributed by atoms with Gasteiger partial charge in [0.05, 0.1) is 10.6 Å². The minimum Gasteiger partial charge on any atom is -0.341 e. The van der Waals surface area contributed by atoms with Crippen molar-refractivity contribution >= 4 is 23.4 Å². The van der Waals surface area contributed by atoms with E-state index in [2.05, 4.69) is 5.32 Å². The molecule has 0 bridgehead atoms. The van der Waals surface area contributed by atoms with Crippen molar-refractivity contribution in [2.75, 3.05) is 13.1 Å². The van der Waals surface area contributed by atoms with Crippen molar-refractivity contribution in [2.24, 2.45) is 5.92 Å². The maximum absolute atomic E-state index is 12.3. The third kappa shape index (κ3) is 3.12. The lowest BCUT2D eigenvalue weighted by atomic mass is 10.0. The first kappa shape index (κ1) is 14.9. The number of likely N-dealkylation sites (tertiary alicyclic amines) is 1. The quantitative estimate of drug-likeness (QED) is 0.926. The van der Waals surface area contributed by atoms with Crippen LogP contribution in [0.4, 0.5) is 0 Å². The van der Waals surface area contributed by atoms with Crippen molar-refractivity contribution in [3.8, 4) is 0 Å². The van der Waals surface area contributed by atoms with E-state index in [1.54, 1.807) is 29.2 Å². The normalized spacial score (nSPS) is 15.7. The molecule has 108 valence electrons. The Balaban J connectivity index is 2.10. The summed E-state index contributed by atoms with van der Waals surface area (Å²) >= 11 is 6.01. The van der Waals surface area contributed by atoms with Gasteiger partial charge in [0.2, 0.25) is 5.91 Å². The Hall–Kier alpha value is -1.55. The second-order valence-electron chi connectivity index (χ2n) is 5.35. The summed E-state index contributed by atoms with van der Waals surface area (Å²) in [6.07, 6.45) is 1.04. The first-order valence-electron chi connectivity index (χ1n) is 6.85. The molecule has 0 saturated carbocycles. The average Bonchev–Trinajstić information content (AvgIpc) is 2.33. The topological polar surface area (TPSA) is 49.4 Å². The molecule has 1 fully saturated rings. The summed E-state index contributed by atoms with van der Waals surface area (Å²) in [5, 5.41) is 3.20. The van der Waals surface area contributed by atoms with Crippen LogP contribution in [0.2, 0.25) is 5.02 Å². The van der Waals surface area contributed by atoms with Crippen LogP contribution in [0, 0.1) is 5.92 Å². The molecule has 0 aliphatic carbocycles. The molecular weight excluding hydrogens is 276 g/mol. The molecule has 1 N–H and O–H groups in total. The van der Waals surface area contributed by atoms with Crippen LogP contribution in [0.5, 0.6) is 0 Å². The van der Waals surface area contributed by atoms with Gasteiger partial charge in [0.25, 0.3) is 5.91 Å². The van der Waals surface area contributed by atoms with E-state index in [0.717, 1.165) is 19.5 Å². The van der Waals surface area contributed by atoms with E-state index in [0.29, 0.717) is 10.6 Å². The second kappa shape index (κ2) is 6.27. The average molecular weight is 295 g/mol. The van der Waals surface area contributed by atoms with Gasteiger partial charge >= 0.3 is 0 Å². The molecule has 1 aromatic rings. The van der Waals surface area contributed by atoms with Gasteiger partial charge in [0, 0.05) is 13.1 Å². The highest BCUT2D eigenvalue weighted by molar-refractivity contribution is 6.33. The van der Waals surface area contributed by atoms with Crippen LogP contribution in [-0.4, -0.2) is 35.8 Å². The molecule has 1 aromatic carbocycles. The summed E-state index contributed by atoms with van der Waals surface area (Å²) < 4.78 is 0. The van der Waals surface area contributed by atoms with Crippen LogP contribution in [0.3, 0.4) is 0 Å². The summed E-state index contributed by atoms with van der Waals surface area (Å²) in [5.74, 6) is -0.274. The Morgan fingerprint density at radius 3 is 2.40 bits per heavy atom. The SMILES string of the molecule is CC(C)[C@H](NC(=O)c1ccccc1Cl)C(=O)N1CCC1. The predicted molar refractivity (Wildman–Crippen MR) is 78.7 cm³/mol.